The summed E-state index contributed by atoms with van der Waals surface area (Å²) >= 11 is 0. The summed E-state index contributed by atoms with van der Waals surface area (Å²) in [6.45, 7) is 2.65. The number of amides is 1. The second kappa shape index (κ2) is 5.66. The van der Waals surface area contributed by atoms with Crippen LogP contribution in [-0.2, 0) is 11.3 Å². The largest absolute Gasteiger partial charge is 0.376 e. The van der Waals surface area contributed by atoms with E-state index in [2.05, 4.69) is 20.5 Å². The Balaban J connectivity index is 1.54. The molecule has 1 aromatic heterocycles. The zero-order chi connectivity index (χ0) is 15.7. The van der Waals surface area contributed by atoms with Gasteiger partial charge in [-0.15, -0.1) is 0 Å². The molecule has 2 N–H and O–H groups in total. The Labute approximate surface area is 135 Å². The lowest BCUT2D eigenvalue weighted by Crippen LogP contribution is -2.42. The number of carbonyl (C=O) groups excluding carboxylic acids is 1. The van der Waals surface area contributed by atoms with E-state index in [0.717, 1.165) is 43.1 Å². The number of fused-ring (bicyclic) bond motifs is 1. The quantitative estimate of drug-likeness (QED) is 0.895. The number of hydrogen-bond acceptors (Lipinski definition) is 4. The smallest absolute Gasteiger partial charge is 0.226 e. The van der Waals surface area contributed by atoms with Gasteiger partial charge in [-0.2, -0.15) is 0 Å². The van der Waals surface area contributed by atoms with Crippen molar-refractivity contribution in [1.29, 1.82) is 0 Å². The molecule has 0 saturated carbocycles. The van der Waals surface area contributed by atoms with Crippen LogP contribution >= 0.6 is 0 Å². The van der Waals surface area contributed by atoms with Crippen molar-refractivity contribution in [3.63, 3.8) is 0 Å². The van der Waals surface area contributed by atoms with Gasteiger partial charge in [0.15, 0.2) is 0 Å². The predicted molar refractivity (Wildman–Crippen MR) is 90.2 cm³/mol. The van der Waals surface area contributed by atoms with Gasteiger partial charge in [0, 0.05) is 25.8 Å². The molecular formula is C18H20N4O. The summed E-state index contributed by atoms with van der Waals surface area (Å²) in [6, 6.07) is 13.9. The number of likely N-dealkylation sites (tertiary alicyclic amines) is 1. The van der Waals surface area contributed by atoms with Gasteiger partial charge >= 0.3 is 0 Å². The highest BCUT2D eigenvalue weighted by Gasteiger charge is 2.41. The predicted octanol–water partition coefficient (Wildman–Crippen LogP) is 2.48. The summed E-state index contributed by atoms with van der Waals surface area (Å²) < 4.78 is 0. The number of carbonyl (C=O) groups is 1. The number of nitrogens with zero attached hydrogens (tertiary/aromatic N) is 2. The van der Waals surface area contributed by atoms with Crippen molar-refractivity contribution in [2.24, 2.45) is 0 Å². The third kappa shape index (κ3) is 2.92. The Bertz CT molecular complexity index is 718. The Hall–Kier alpha value is -2.40. The summed E-state index contributed by atoms with van der Waals surface area (Å²) in [5.74, 6) is 0.0853. The lowest BCUT2D eigenvalue weighted by Gasteiger charge is -2.29. The fourth-order valence-corrected chi connectivity index (χ4v) is 3.59. The van der Waals surface area contributed by atoms with E-state index in [4.69, 9.17) is 0 Å². The molecule has 1 amide bonds. The number of anilines is 2. The van der Waals surface area contributed by atoms with Gasteiger partial charge in [-0.1, -0.05) is 18.2 Å². The van der Waals surface area contributed by atoms with Crippen molar-refractivity contribution in [1.82, 2.24) is 9.88 Å². The van der Waals surface area contributed by atoms with Gasteiger partial charge in [0.05, 0.1) is 29.0 Å². The number of rotatable bonds is 2. The van der Waals surface area contributed by atoms with Crippen LogP contribution in [0.2, 0.25) is 0 Å². The Morgan fingerprint density at radius 3 is 2.78 bits per heavy atom. The van der Waals surface area contributed by atoms with Crippen molar-refractivity contribution >= 4 is 17.3 Å². The molecule has 23 heavy (non-hydrogen) atoms. The highest BCUT2D eigenvalue weighted by molar-refractivity contribution is 5.97. The average molecular weight is 308 g/mol. The van der Waals surface area contributed by atoms with Gasteiger partial charge in [0.25, 0.3) is 0 Å². The molecule has 0 bridgehead atoms. The molecule has 0 radical (unpaired) electrons. The van der Waals surface area contributed by atoms with Crippen molar-refractivity contribution in [3.05, 3.63) is 54.4 Å². The van der Waals surface area contributed by atoms with Crippen molar-refractivity contribution < 1.29 is 4.79 Å². The number of aromatic nitrogens is 1. The van der Waals surface area contributed by atoms with E-state index in [-0.39, 0.29) is 11.4 Å². The van der Waals surface area contributed by atoms with E-state index in [1.165, 1.54) is 0 Å². The van der Waals surface area contributed by atoms with Gasteiger partial charge in [-0.25, -0.2) is 0 Å². The fraction of sp³-hybridized carbons (Fsp3) is 0.333. The number of pyridine rings is 1. The SMILES string of the molecule is O=C1CC2(CCN(Cc3ccccn3)C2)Nc2ccccc2N1. The van der Waals surface area contributed by atoms with Crippen molar-refractivity contribution in [2.75, 3.05) is 23.7 Å². The molecule has 0 aliphatic carbocycles. The number of benzene rings is 1. The first-order chi connectivity index (χ1) is 11.2. The number of para-hydroxylation sites is 2. The molecule has 1 saturated heterocycles. The molecule has 2 aliphatic heterocycles. The molecule has 1 fully saturated rings. The maximum Gasteiger partial charge on any atom is 0.226 e. The van der Waals surface area contributed by atoms with Crippen LogP contribution in [-0.4, -0.2) is 34.4 Å². The van der Waals surface area contributed by atoms with E-state index in [9.17, 15) is 4.79 Å². The fourth-order valence-electron chi connectivity index (χ4n) is 3.59. The highest BCUT2D eigenvalue weighted by atomic mass is 16.1. The van der Waals surface area contributed by atoms with Crippen molar-refractivity contribution in [3.8, 4) is 0 Å². The summed E-state index contributed by atoms with van der Waals surface area (Å²) in [5, 5.41) is 6.64. The summed E-state index contributed by atoms with van der Waals surface area (Å²) in [7, 11) is 0. The van der Waals surface area contributed by atoms with Crippen LogP contribution in [0.15, 0.2) is 48.7 Å². The minimum Gasteiger partial charge on any atom is -0.376 e. The highest BCUT2D eigenvalue weighted by Crippen LogP contribution is 2.35. The average Bonchev–Trinajstić information content (AvgIpc) is 2.85. The first kappa shape index (κ1) is 14.2. The molecule has 1 unspecified atom stereocenters. The van der Waals surface area contributed by atoms with Gasteiger partial charge in [-0.3, -0.25) is 14.7 Å². The molecule has 5 nitrogen and oxygen atoms in total. The Morgan fingerprint density at radius 1 is 1.13 bits per heavy atom. The zero-order valence-electron chi connectivity index (χ0n) is 13.0. The zero-order valence-corrected chi connectivity index (χ0v) is 13.0. The second-order valence-corrected chi connectivity index (χ2v) is 6.46. The van der Waals surface area contributed by atoms with Crippen LogP contribution < -0.4 is 10.6 Å². The second-order valence-electron chi connectivity index (χ2n) is 6.46. The maximum atomic E-state index is 12.3. The minimum atomic E-state index is -0.189. The van der Waals surface area contributed by atoms with E-state index in [1.807, 2.05) is 48.7 Å². The summed E-state index contributed by atoms with van der Waals surface area (Å²) in [6.07, 6.45) is 3.29. The first-order valence-electron chi connectivity index (χ1n) is 8.02. The number of nitrogens with one attached hydrogen (secondary N) is 2. The van der Waals surface area contributed by atoms with Crippen LogP contribution in [0, 0.1) is 0 Å². The molecule has 3 heterocycles. The normalized spacial score (nSPS) is 23.9. The van der Waals surface area contributed by atoms with E-state index < -0.39 is 0 Å². The van der Waals surface area contributed by atoms with E-state index >= 15 is 0 Å². The lowest BCUT2D eigenvalue weighted by molar-refractivity contribution is -0.117. The lowest BCUT2D eigenvalue weighted by atomic mass is 9.94. The molecular weight excluding hydrogens is 288 g/mol. The van der Waals surface area contributed by atoms with Crippen LogP contribution in [0.5, 0.6) is 0 Å². The van der Waals surface area contributed by atoms with Gasteiger partial charge in [0.1, 0.15) is 0 Å². The minimum absolute atomic E-state index is 0.0853. The maximum absolute atomic E-state index is 12.3. The Kier molecular flexibility index (Phi) is 3.50. The third-order valence-electron chi connectivity index (χ3n) is 4.64. The molecule has 2 aromatic rings. The molecule has 1 aromatic carbocycles. The number of hydrogen-bond donors (Lipinski definition) is 2. The van der Waals surface area contributed by atoms with Gasteiger partial charge < -0.3 is 10.6 Å². The topological polar surface area (TPSA) is 57.3 Å². The van der Waals surface area contributed by atoms with Crippen LogP contribution in [0.1, 0.15) is 18.5 Å². The monoisotopic (exact) mass is 308 g/mol. The van der Waals surface area contributed by atoms with Crippen LogP contribution in [0.25, 0.3) is 0 Å². The van der Waals surface area contributed by atoms with E-state index in [0.29, 0.717) is 6.42 Å². The first-order valence-corrected chi connectivity index (χ1v) is 8.02. The molecule has 4 rings (SSSR count). The van der Waals surface area contributed by atoms with E-state index in [1.54, 1.807) is 0 Å². The summed E-state index contributed by atoms with van der Waals surface area (Å²) in [5.41, 5.74) is 2.77. The molecule has 2 aliphatic rings. The molecule has 5 heteroatoms. The molecule has 1 atom stereocenters. The van der Waals surface area contributed by atoms with Gasteiger partial charge in [-0.05, 0) is 30.7 Å². The summed E-state index contributed by atoms with van der Waals surface area (Å²) in [4.78, 5) is 19.1. The molecule has 118 valence electrons. The van der Waals surface area contributed by atoms with Crippen LogP contribution in [0.3, 0.4) is 0 Å². The van der Waals surface area contributed by atoms with Gasteiger partial charge in [0.2, 0.25) is 5.91 Å². The molecule has 1 spiro atoms. The third-order valence-corrected chi connectivity index (χ3v) is 4.64. The van der Waals surface area contributed by atoms with Crippen LogP contribution in [0.4, 0.5) is 11.4 Å². The standard InChI is InChI=1S/C18H20N4O/c23-17-11-18(21-16-7-2-1-6-15(16)20-17)8-10-22(13-18)12-14-5-3-4-9-19-14/h1-7,9,21H,8,10-13H2,(H,20,23). The Morgan fingerprint density at radius 2 is 1.96 bits per heavy atom. The van der Waals surface area contributed by atoms with Crippen molar-refractivity contribution in [2.45, 2.75) is 24.9 Å².